The predicted octanol–water partition coefficient (Wildman–Crippen LogP) is 1.55. The Balaban J connectivity index is 2.04. The Morgan fingerprint density at radius 3 is 2.15 bits per heavy atom. The summed E-state index contributed by atoms with van der Waals surface area (Å²) in [5, 5.41) is 19.9. The Labute approximate surface area is 115 Å². The summed E-state index contributed by atoms with van der Waals surface area (Å²) in [5.74, 6) is 0.985. The Hall–Kier alpha value is -2.18. The number of nitrogens with zero attached hydrogens (tertiary/aromatic N) is 1. The molecule has 1 aromatic carbocycles. The number of benzene rings is 1. The molecule has 2 heterocycles. The predicted molar refractivity (Wildman–Crippen MR) is 76.8 cm³/mol. The molecule has 3 aromatic rings. The lowest BCUT2D eigenvalue weighted by Crippen LogP contribution is -2.29. The van der Waals surface area contributed by atoms with E-state index in [0.29, 0.717) is 36.0 Å². The van der Waals surface area contributed by atoms with Crippen LogP contribution in [0.5, 0.6) is 0 Å². The third-order valence-corrected chi connectivity index (χ3v) is 3.21. The van der Waals surface area contributed by atoms with Crippen LogP contribution in [-0.4, -0.2) is 36.5 Å². The molecule has 0 spiro atoms. The van der Waals surface area contributed by atoms with Crippen molar-refractivity contribution in [1.29, 1.82) is 0 Å². The number of hydrogen-bond acceptors (Lipinski definition) is 6. The van der Waals surface area contributed by atoms with E-state index < -0.39 is 0 Å². The van der Waals surface area contributed by atoms with Crippen molar-refractivity contribution in [3.05, 3.63) is 24.3 Å². The summed E-state index contributed by atoms with van der Waals surface area (Å²) in [6, 6.07) is 7.34. The van der Waals surface area contributed by atoms with Crippen molar-refractivity contribution < 1.29 is 19.0 Å². The number of anilines is 2. The summed E-state index contributed by atoms with van der Waals surface area (Å²) in [5.41, 5.74) is 7.04. The fourth-order valence-electron chi connectivity index (χ4n) is 2.31. The highest BCUT2D eigenvalue weighted by atomic mass is 16.4. The van der Waals surface area contributed by atoms with Crippen LogP contribution in [-0.2, 0) is 0 Å². The molecule has 2 aromatic heterocycles. The smallest absolute Gasteiger partial charge is 0.196 e. The Bertz CT molecular complexity index is 674. The first-order chi connectivity index (χ1) is 9.71. The molecule has 106 valence electrons. The van der Waals surface area contributed by atoms with Gasteiger partial charge in [-0.2, -0.15) is 0 Å². The Kier molecular flexibility index (Phi) is 3.25. The standard InChI is InChI=1S/C14H16N2O4/c15-13-7-9-5-12-10(6-11(9)19-13)8-14(20-12)16(1-3-17)2-4-18/h5-8,17-18H,1-4,15H2. The molecule has 0 atom stereocenters. The van der Waals surface area contributed by atoms with Gasteiger partial charge in [-0.15, -0.1) is 0 Å². The van der Waals surface area contributed by atoms with Gasteiger partial charge in [-0.25, -0.2) is 0 Å². The maximum Gasteiger partial charge on any atom is 0.196 e. The molecule has 4 N–H and O–H groups in total. The van der Waals surface area contributed by atoms with Crippen molar-refractivity contribution in [2.24, 2.45) is 0 Å². The molecule has 0 bridgehead atoms. The molecular weight excluding hydrogens is 260 g/mol. The average molecular weight is 276 g/mol. The molecule has 0 aliphatic carbocycles. The molecule has 0 radical (unpaired) electrons. The lowest BCUT2D eigenvalue weighted by molar-refractivity contribution is 0.278. The zero-order valence-electron chi connectivity index (χ0n) is 10.9. The van der Waals surface area contributed by atoms with Crippen LogP contribution in [0.4, 0.5) is 11.8 Å². The molecule has 6 heteroatoms. The van der Waals surface area contributed by atoms with Crippen molar-refractivity contribution in [2.75, 3.05) is 36.9 Å². The van der Waals surface area contributed by atoms with E-state index in [1.54, 1.807) is 11.0 Å². The lowest BCUT2D eigenvalue weighted by Gasteiger charge is -2.19. The maximum atomic E-state index is 9.06. The molecule has 3 rings (SSSR count). The van der Waals surface area contributed by atoms with E-state index in [1.165, 1.54) is 0 Å². The van der Waals surface area contributed by atoms with E-state index in [-0.39, 0.29) is 13.2 Å². The van der Waals surface area contributed by atoms with Crippen LogP contribution in [0.2, 0.25) is 0 Å². The molecule has 0 saturated carbocycles. The maximum absolute atomic E-state index is 9.06. The minimum atomic E-state index is -0.00404. The van der Waals surface area contributed by atoms with Gasteiger partial charge in [0.25, 0.3) is 0 Å². The Morgan fingerprint density at radius 2 is 1.50 bits per heavy atom. The molecule has 0 aliphatic rings. The highest BCUT2D eigenvalue weighted by Crippen LogP contribution is 2.31. The van der Waals surface area contributed by atoms with Gasteiger partial charge in [0.15, 0.2) is 11.8 Å². The van der Waals surface area contributed by atoms with Gasteiger partial charge < -0.3 is 29.7 Å². The first-order valence-corrected chi connectivity index (χ1v) is 6.40. The van der Waals surface area contributed by atoms with Gasteiger partial charge in [0.05, 0.1) is 13.2 Å². The molecule has 0 amide bonds. The van der Waals surface area contributed by atoms with Gasteiger partial charge in [0, 0.05) is 36.0 Å². The normalized spacial score (nSPS) is 11.5. The highest BCUT2D eigenvalue weighted by Gasteiger charge is 2.13. The number of nitrogens with two attached hydrogens (primary N) is 1. The van der Waals surface area contributed by atoms with E-state index in [1.807, 2.05) is 18.2 Å². The van der Waals surface area contributed by atoms with Crippen molar-refractivity contribution in [2.45, 2.75) is 0 Å². The summed E-state index contributed by atoms with van der Waals surface area (Å²) < 4.78 is 11.2. The first-order valence-electron chi connectivity index (χ1n) is 6.40. The number of aliphatic hydroxyl groups excluding tert-OH is 2. The van der Waals surface area contributed by atoms with Crippen molar-refractivity contribution >= 4 is 33.7 Å². The van der Waals surface area contributed by atoms with Gasteiger partial charge in [0.2, 0.25) is 0 Å². The van der Waals surface area contributed by atoms with Crippen molar-refractivity contribution in [1.82, 2.24) is 0 Å². The van der Waals surface area contributed by atoms with Crippen LogP contribution >= 0.6 is 0 Å². The minimum Gasteiger partial charge on any atom is -0.441 e. The molecule has 0 aliphatic heterocycles. The number of furan rings is 2. The van der Waals surface area contributed by atoms with Gasteiger partial charge in [-0.05, 0) is 12.1 Å². The van der Waals surface area contributed by atoms with Crippen LogP contribution < -0.4 is 10.6 Å². The molecule has 0 unspecified atom stereocenters. The van der Waals surface area contributed by atoms with Crippen LogP contribution in [0.25, 0.3) is 21.9 Å². The van der Waals surface area contributed by atoms with Gasteiger partial charge in [-0.1, -0.05) is 0 Å². The van der Waals surface area contributed by atoms with E-state index in [2.05, 4.69) is 0 Å². The minimum absolute atomic E-state index is 0.00404. The number of fused-ring (bicyclic) bond motifs is 2. The highest BCUT2D eigenvalue weighted by molar-refractivity contribution is 5.95. The van der Waals surface area contributed by atoms with Crippen molar-refractivity contribution in [3.63, 3.8) is 0 Å². The second-order valence-electron chi connectivity index (χ2n) is 4.60. The monoisotopic (exact) mass is 276 g/mol. The number of nitrogen functional groups attached to an aromatic ring is 1. The average Bonchev–Trinajstić information content (AvgIpc) is 2.96. The van der Waals surface area contributed by atoms with Crippen LogP contribution in [0, 0.1) is 0 Å². The molecule has 6 nitrogen and oxygen atoms in total. The summed E-state index contributed by atoms with van der Waals surface area (Å²) in [6.07, 6.45) is 0. The first kappa shape index (κ1) is 12.8. The fraction of sp³-hybridized carbons (Fsp3) is 0.286. The zero-order valence-corrected chi connectivity index (χ0v) is 10.9. The molecular formula is C14H16N2O4. The topological polar surface area (TPSA) is 96.0 Å². The summed E-state index contributed by atoms with van der Waals surface area (Å²) in [7, 11) is 0. The van der Waals surface area contributed by atoms with Crippen molar-refractivity contribution in [3.8, 4) is 0 Å². The fourth-order valence-corrected chi connectivity index (χ4v) is 2.31. The van der Waals surface area contributed by atoms with E-state index in [0.717, 1.165) is 10.8 Å². The SMILES string of the molecule is Nc1cc2cc3oc(N(CCO)CCO)cc3cc2o1. The molecule has 20 heavy (non-hydrogen) atoms. The molecule has 0 saturated heterocycles. The summed E-state index contributed by atoms with van der Waals surface area (Å²) in [4.78, 5) is 1.79. The van der Waals surface area contributed by atoms with Gasteiger partial charge in [0.1, 0.15) is 11.2 Å². The second-order valence-corrected chi connectivity index (χ2v) is 4.60. The van der Waals surface area contributed by atoms with Crippen LogP contribution in [0.15, 0.2) is 33.1 Å². The quantitative estimate of drug-likeness (QED) is 0.654. The number of rotatable bonds is 5. The Morgan fingerprint density at radius 1 is 0.900 bits per heavy atom. The number of hydrogen-bond donors (Lipinski definition) is 3. The lowest BCUT2D eigenvalue weighted by atomic mass is 10.2. The van der Waals surface area contributed by atoms with Gasteiger partial charge in [-0.3, -0.25) is 0 Å². The van der Waals surface area contributed by atoms with E-state index >= 15 is 0 Å². The number of aliphatic hydroxyl groups is 2. The van der Waals surface area contributed by atoms with E-state index in [4.69, 9.17) is 24.8 Å². The van der Waals surface area contributed by atoms with Crippen LogP contribution in [0.3, 0.4) is 0 Å². The third kappa shape index (κ3) is 2.19. The zero-order chi connectivity index (χ0) is 14.1. The molecule has 0 fully saturated rings. The van der Waals surface area contributed by atoms with Crippen LogP contribution in [0.1, 0.15) is 0 Å². The third-order valence-electron chi connectivity index (χ3n) is 3.21. The summed E-state index contributed by atoms with van der Waals surface area (Å²) >= 11 is 0. The largest absolute Gasteiger partial charge is 0.441 e. The van der Waals surface area contributed by atoms with E-state index in [9.17, 15) is 0 Å². The second kappa shape index (κ2) is 5.07. The van der Waals surface area contributed by atoms with Gasteiger partial charge >= 0.3 is 0 Å². The summed E-state index contributed by atoms with van der Waals surface area (Å²) in [6.45, 7) is 0.804.